The average Bonchev–Trinajstić information content (AvgIpc) is 2.66. The number of methoxy groups -OCH3 is 1. The van der Waals surface area contributed by atoms with Crippen molar-refractivity contribution in [2.45, 2.75) is 13.0 Å². The average molecular weight is 356 g/mol. The molecule has 0 radical (unpaired) electrons. The van der Waals surface area contributed by atoms with E-state index in [9.17, 15) is 14.9 Å². The second kappa shape index (κ2) is 9.83. The van der Waals surface area contributed by atoms with Gasteiger partial charge < -0.3 is 14.8 Å². The monoisotopic (exact) mass is 356 g/mol. The highest BCUT2D eigenvalue weighted by Crippen LogP contribution is 2.25. The Balaban J connectivity index is 1.77. The van der Waals surface area contributed by atoms with Gasteiger partial charge in [-0.1, -0.05) is 42.5 Å². The smallest absolute Gasteiger partial charge is 0.407 e. The van der Waals surface area contributed by atoms with Crippen LogP contribution >= 0.6 is 0 Å². The first-order valence-electron chi connectivity index (χ1n) is 8.03. The Kier molecular flexibility index (Phi) is 7.17. The summed E-state index contributed by atoms with van der Waals surface area (Å²) in [7, 11) is 1.46. The SMILES string of the molecule is COc1ccc(C=CCCNC(=O)OCc2ccccc2)c([N+](=O)[O-])c1. The van der Waals surface area contributed by atoms with Gasteiger partial charge in [-0.15, -0.1) is 0 Å². The molecule has 0 aliphatic heterocycles. The first-order chi connectivity index (χ1) is 12.6. The van der Waals surface area contributed by atoms with Gasteiger partial charge in [0.25, 0.3) is 5.69 Å². The molecule has 0 aliphatic rings. The van der Waals surface area contributed by atoms with E-state index in [2.05, 4.69) is 5.32 Å². The minimum Gasteiger partial charge on any atom is -0.497 e. The summed E-state index contributed by atoms with van der Waals surface area (Å²) in [6.45, 7) is 0.578. The fourth-order valence-corrected chi connectivity index (χ4v) is 2.19. The molecule has 0 fully saturated rings. The van der Waals surface area contributed by atoms with Crippen molar-refractivity contribution in [2.24, 2.45) is 0 Å². The predicted molar refractivity (Wildman–Crippen MR) is 97.9 cm³/mol. The normalized spacial score (nSPS) is 10.5. The van der Waals surface area contributed by atoms with Crippen molar-refractivity contribution in [3.63, 3.8) is 0 Å². The molecule has 0 aromatic heterocycles. The van der Waals surface area contributed by atoms with E-state index >= 15 is 0 Å². The Morgan fingerprint density at radius 3 is 2.69 bits per heavy atom. The molecule has 0 saturated carbocycles. The molecule has 0 saturated heterocycles. The number of carbonyl (C=O) groups is 1. The summed E-state index contributed by atoms with van der Waals surface area (Å²) in [5.41, 5.74) is 1.35. The van der Waals surface area contributed by atoms with E-state index in [1.54, 1.807) is 24.3 Å². The van der Waals surface area contributed by atoms with E-state index in [4.69, 9.17) is 9.47 Å². The zero-order chi connectivity index (χ0) is 18.8. The lowest BCUT2D eigenvalue weighted by molar-refractivity contribution is -0.385. The third kappa shape index (κ3) is 5.94. The zero-order valence-electron chi connectivity index (χ0n) is 14.4. The highest BCUT2D eigenvalue weighted by Gasteiger charge is 2.12. The number of carbonyl (C=O) groups excluding carboxylic acids is 1. The number of ether oxygens (including phenoxy) is 2. The second-order valence-electron chi connectivity index (χ2n) is 5.36. The lowest BCUT2D eigenvalue weighted by Crippen LogP contribution is -2.24. The van der Waals surface area contributed by atoms with Crippen molar-refractivity contribution in [1.29, 1.82) is 0 Å². The Morgan fingerprint density at radius 2 is 2.00 bits per heavy atom. The fraction of sp³-hybridized carbons (Fsp3) is 0.211. The minimum absolute atomic E-state index is 0.0316. The largest absolute Gasteiger partial charge is 0.497 e. The zero-order valence-corrected chi connectivity index (χ0v) is 14.4. The number of benzene rings is 2. The quantitative estimate of drug-likeness (QED) is 0.439. The molecule has 0 unspecified atom stereocenters. The number of nitro benzene ring substituents is 1. The molecular formula is C19H20N2O5. The third-order valence-electron chi connectivity index (χ3n) is 3.52. The first-order valence-corrected chi connectivity index (χ1v) is 8.03. The van der Waals surface area contributed by atoms with Crippen LogP contribution in [-0.2, 0) is 11.3 Å². The molecule has 2 aromatic carbocycles. The molecule has 0 heterocycles. The first kappa shape index (κ1) is 19.0. The van der Waals surface area contributed by atoms with Crippen molar-refractivity contribution in [3.8, 4) is 5.75 Å². The van der Waals surface area contributed by atoms with Gasteiger partial charge in [-0.25, -0.2) is 4.79 Å². The second-order valence-corrected chi connectivity index (χ2v) is 5.36. The van der Waals surface area contributed by atoms with Gasteiger partial charge >= 0.3 is 6.09 Å². The molecule has 1 amide bonds. The van der Waals surface area contributed by atoms with Crippen LogP contribution in [0.4, 0.5) is 10.5 Å². The summed E-state index contributed by atoms with van der Waals surface area (Å²) < 4.78 is 10.1. The molecule has 2 rings (SSSR count). The summed E-state index contributed by atoms with van der Waals surface area (Å²) >= 11 is 0. The molecule has 136 valence electrons. The van der Waals surface area contributed by atoms with Crippen molar-refractivity contribution >= 4 is 17.9 Å². The topological polar surface area (TPSA) is 90.7 Å². The van der Waals surface area contributed by atoms with Crippen LogP contribution in [0.15, 0.2) is 54.6 Å². The molecule has 0 aliphatic carbocycles. The van der Waals surface area contributed by atoms with Gasteiger partial charge in [0.05, 0.1) is 23.7 Å². The molecular weight excluding hydrogens is 336 g/mol. The summed E-state index contributed by atoms with van der Waals surface area (Å²) in [4.78, 5) is 22.2. The molecule has 0 atom stereocenters. The van der Waals surface area contributed by atoms with Crippen LogP contribution < -0.4 is 10.1 Å². The minimum atomic E-state index is -0.502. The molecule has 7 heteroatoms. The molecule has 0 spiro atoms. The van der Waals surface area contributed by atoms with Crippen LogP contribution in [0.2, 0.25) is 0 Å². The Morgan fingerprint density at radius 1 is 1.23 bits per heavy atom. The molecule has 1 N–H and O–H groups in total. The van der Waals surface area contributed by atoms with Crippen molar-refractivity contribution in [2.75, 3.05) is 13.7 Å². The standard InChI is InChI=1S/C19H20N2O5/c1-25-17-11-10-16(18(13-17)21(23)24)9-5-6-12-20-19(22)26-14-15-7-3-2-4-8-15/h2-5,7-11,13H,6,12,14H2,1H3,(H,20,22). The van der Waals surface area contributed by atoms with Gasteiger partial charge in [0, 0.05) is 6.54 Å². The number of hydrogen-bond acceptors (Lipinski definition) is 5. The van der Waals surface area contributed by atoms with Gasteiger partial charge in [0.1, 0.15) is 12.4 Å². The van der Waals surface area contributed by atoms with Crippen LogP contribution in [0.3, 0.4) is 0 Å². The number of rotatable bonds is 8. The lowest BCUT2D eigenvalue weighted by atomic mass is 10.1. The Hall–Kier alpha value is -3.35. The van der Waals surface area contributed by atoms with Gasteiger partial charge in [-0.05, 0) is 24.1 Å². The van der Waals surface area contributed by atoms with E-state index in [-0.39, 0.29) is 12.3 Å². The highest BCUT2D eigenvalue weighted by atomic mass is 16.6. The highest BCUT2D eigenvalue weighted by molar-refractivity contribution is 5.67. The lowest BCUT2D eigenvalue weighted by Gasteiger charge is -2.06. The predicted octanol–water partition coefficient (Wildman–Crippen LogP) is 3.93. The summed E-state index contributed by atoms with van der Waals surface area (Å²) in [5, 5.41) is 13.7. The van der Waals surface area contributed by atoms with Gasteiger partial charge in [-0.2, -0.15) is 0 Å². The number of nitrogens with one attached hydrogen (secondary N) is 1. The number of amides is 1. The fourth-order valence-electron chi connectivity index (χ4n) is 2.19. The van der Waals surface area contributed by atoms with E-state index in [0.29, 0.717) is 24.3 Å². The van der Waals surface area contributed by atoms with Crippen molar-refractivity contribution < 1.29 is 19.2 Å². The Bertz CT molecular complexity index is 775. The van der Waals surface area contributed by atoms with E-state index in [1.807, 2.05) is 30.3 Å². The maximum absolute atomic E-state index is 11.6. The molecule has 26 heavy (non-hydrogen) atoms. The van der Waals surface area contributed by atoms with E-state index in [0.717, 1.165) is 5.56 Å². The van der Waals surface area contributed by atoms with E-state index in [1.165, 1.54) is 13.2 Å². The van der Waals surface area contributed by atoms with Crippen molar-refractivity contribution in [3.05, 3.63) is 75.8 Å². The maximum atomic E-state index is 11.6. The van der Waals surface area contributed by atoms with Crippen LogP contribution in [0.5, 0.6) is 5.75 Å². The van der Waals surface area contributed by atoms with E-state index < -0.39 is 11.0 Å². The summed E-state index contributed by atoms with van der Waals surface area (Å²) in [5.74, 6) is 0.427. The third-order valence-corrected chi connectivity index (χ3v) is 3.52. The molecule has 7 nitrogen and oxygen atoms in total. The number of hydrogen-bond donors (Lipinski definition) is 1. The van der Waals surface area contributed by atoms with Crippen LogP contribution in [-0.4, -0.2) is 24.7 Å². The summed E-state index contributed by atoms with van der Waals surface area (Å²) in [6, 6.07) is 14.0. The Labute approximate surface area is 151 Å². The molecule has 2 aromatic rings. The number of nitrogens with zero attached hydrogens (tertiary/aromatic N) is 1. The summed E-state index contributed by atoms with van der Waals surface area (Å²) in [6.07, 6.45) is 3.42. The number of nitro groups is 1. The number of alkyl carbamates (subject to hydrolysis) is 1. The van der Waals surface area contributed by atoms with Crippen LogP contribution in [0, 0.1) is 10.1 Å². The van der Waals surface area contributed by atoms with Gasteiger partial charge in [-0.3, -0.25) is 10.1 Å². The molecule has 0 bridgehead atoms. The van der Waals surface area contributed by atoms with Gasteiger partial charge in [0.2, 0.25) is 0 Å². The van der Waals surface area contributed by atoms with Crippen LogP contribution in [0.25, 0.3) is 6.08 Å². The maximum Gasteiger partial charge on any atom is 0.407 e. The van der Waals surface area contributed by atoms with Crippen LogP contribution in [0.1, 0.15) is 17.5 Å². The van der Waals surface area contributed by atoms with Crippen molar-refractivity contribution in [1.82, 2.24) is 5.32 Å². The van der Waals surface area contributed by atoms with Gasteiger partial charge in [0.15, 0.2) is 0 Å².